The van der Waals surface area contributed by atoms with Crippen molar-refractivity contribution in [2.45, 2.75) is 6.43 Å². The molecule has 0 aliphatic carbocycles. The molecule has 0 aliphatic heterocycles. The summed E-state index contributed by atoms with van der Waals surface area (Å²) >= 11 is 5.36. The van der Waals surface area contributed by atoms with Gasteiger partial charge in [0.1, 0.15) is 5.82 Å². The Hall–Kier alpha value is -0.700. The Kier molecular flexibility index (Phi) is 2.39. The second-order valence-electron chi connectivity index (χ2n) is 1.97. The minimum atomic E-state index is -2.81. The van der Waals surface area contributed by atoms with E-state index in [-0.39, 0.29) is 5.02 Å². The summed E-state index contributed by atoms with van der Waals surface area (Å²) in [6, 6.07) is 3.06. The highest BCUT2D eigenvalue weighted by Crippen LogP contribution is 2.24. The first kappa shape index (κ1) is 8.40. The Bertz CT molecular complexity index is 260. The third-order valence-corrected chi connectivity index (χ3v) is 1.43. The van der Waals surface area contributed by atoms with Crippen LogP contribution >= 0.6 is 11.6 Å². The molecule has 0 heterocycles. The van der Waals surface area contributed by atoms with Gasteiger partial charge in [-0.05, 0) is 18.2 Å². The zero-order valence-corrected chi connectivity index (χ0v) is 6.08. The van der Waals surface area contributed by atoms with E-state index in [0.717, 1.165) is 12.1 Å². The normalized spacial score (nSPS) is 10.6. The first-order valence-electron chi connectivity index (χ1n) is 2.84. The van der Waals surface area contributed by atoms with E-state index in [9.17, 15) is 13.2 Å². The number of benzene rings is 1. The van der Waals surface area contributed by atoms with E-state index in [1.807, 2.05) is 0 Å². The number of halogens is 4. The van der Waals surface area contributed by atoms with Crippen molar-refractivity contribution in [1.29, 1.82) is 0 Å². The quantitative estimate of drug-likeness (QED) is 0.621. The van der Waals surface area contributed by atoms with Crippen molar-refractivity contribution in [3.63, 3.8) is 0 Å². The first-order chi connectivity index (χ1) is 5.11. The molecule has 11 heavy (non-hydrogen) atoms. The van der Waals surface area contributed by atoms with E-state index in [2.05, 4.69) is 0 Å². The highest BCUT2D eigenvalue weighted by Gasteiger charge is 2.12. The third kappa shape index (κ3) is 1.87. The van der Waals surface area contributed by atoms with Gasteiger partial charge in [0.25, 0.3) is 6.43 Å². The van der Waals surface area contributed by atoms with Gasteiger partial charge in [-0.25, -0.2) is 13.2 Å². The molecule has 0 atom stereocenters. The fourth-order valence-corrected chi connectivity index (χ4v) is 0.862. The summed E-state index contributed by atoms with van der Waals surface area (Å²) in [7, 11) is 0. The van der Waals surface area contributed by atoms with Crippen LogP contribution in [0, 0.1) is 5.82 Å². The maximum Gasteiger partial charge on any atom is 0.266 e. The molecule has 0 amide bonds. The molecule has 0 spiro atoms. The second-order valence-corrected chi connectivity index (χ2v) is 2.40. The summed E-state index contributed by atoms with van der Waals surface area (Å²) in [4.78, 5) is 0. The summed E-state index contributed by atoms with van der Waals surface area (Å²) in [6.07, 6.45) is -2.81. The van der Waals surface area contributed by atoms with Gasteiger partial charge in [0.05, 0.1) is 5.56 Å². The maximum atomic E-state index is 12.5. The van der Waals surface area contributed by atoms with Crippen LogP contribution in [0.1, 0.15) is 12.0 Å². The van der Waals surface area contributed by atoms with Gasteiger partial charge in [-0.15, -0.1) is 0 Å². The summed E-state index contributed by atoms with van der Waals surface area (Å²) in [6.45, 7) is 0. The van der Waals surface area contributed by atoms with Crippen LogP contribution in [-0.2, 0) is 0 Å². The molecule has 0 unspecified atom stereocenters. The van der Waals surface area contributed by atoms with Crippen molar-refractivity contribution in [3.8, 4) is 0 Å². The topological polar surface area (TPSA) is 0 Å². The maximum absolute atomic E-state index is 12.5. The lowest BCUT2D eigenvalue weighted by molar-refractivity contribution is 0.146. The molecule has 0 radical (unpaired) electrons. The van der Waals surface area contributed by atoms with E-state index in [0.29, 0.717) is 0 Å². The molecule has 0 bridgehead atoms. The molecular formula is C7H4ClF3. The van der Waals surface area contributed by atoms with E-state index in [4.69, 9.17) is 11.6 Å². The molecule has 1 rings (SSSR count). The van der Waals surface area contributed by atoms with Gasteiger partial charge in [0, 0.05) is 5.02 Å². The van der Waals surface area contributed by atoms with E-state index >= 15 is 0 Å². The Morgan fingerprint density at radius 2 is 1.91 bits per heavy atom. The van der Waals surface area contributed by atoms with Gasteiger partial charge < -0.3 is 0 Å². The van der Waals surface area contributed by atoms with Gasteiger partial charge in [-0.2, -0.15) is 0 Å². The summed E-state index contributed by atoms with van der Waals surface area (Å²) in [5.74, 6) is -0.926. The van der Waals surface area contributed by atoms with Crippen molar-refractivity contribution in [1.82, 2.24) is 0 Å². The minimum absolute atomic E-state index is 0.113. The van der Waals surface area contributed by atoms with Crippen LogP contribution in [0.4, 0.5) is 13.2 Å². The van der Waals surface area contributed by atoms with Crippen molar-refractivity contribution in [3.05, 3.63) is 34.6 Å². The first-order valence-corrected chi connectivity index (χ1v) is 3.22. The zero-order valence-electron chi connectivity index (χ0n) is 5.32. The Balaban J connectivity index is 3.13. The molecule has 60 valence electrons. The van der Waals surface area contributed by atoms with Crippen LogP contribution in [0.2, 0.25) is 5.02 Å². The number of hydrogen-bond acceptors (Lipinski definition) is 0. The molecule has 0 nitrogen and oxygen atoms in total. The molecule has 0 aliphatic rings. The van der Waals surface area contributed by atoms with Crippen LogP contribution in [0.3, 0.4) is 0 Å². The van der Waals surface area contributed by atoms with Crippen molar-refractivity contribution < 1.29 is 13.2 Å². The van der Waals surface area contributed by atoms with Gasteiger partial charge >= 0.3 is 0 Å². The lowest BCUT2D eigenvalue weighted by atomic mass is 10.2. The van der Waals surface area contributed by atoms with Crippen molar-refractivity contribution in [2.75, 3.05) is 0 Å². The van der Waals surface area contributed by atoms with Crippen molar-refractivity contribution >= 4 is 11.6 Å². The molecule has 4 heteroatoms. The molecule has 0 fully saturated rings. The average molecular weight is 181 g/mol. The lowest BCUT2D eigenvalue weighted by Crippen LogP contribution is -1.89. The van der Waals surface area contributed by atoms with E-state index in [1.165, 1.54) is 6.07 Å². The van der Waals surface area contributed by atoms with E-state index < -0.39 is 17.8 Å². The number of hydrogen-bond donors (Lipinski definition) is 0. The highest BCUT2D eigenvalue weighted by atomic mass is 35.5. The molecule has 0 saturated heterocycles. The summed E-state index contributed by atoms with van der Waals surface area (Å²) in [5.41, 5.74) is -0.655. The number of alkyl halides is 2. The summed E-state index contributed by atoms with van der Waals surface area (Å²) in [5, 5.41) is 0.113. The van der Waals surface area contributed by atoms with E-state index in [1.54, 1.807) is 0 Å². The monoisotopic (exact) mass is 180 g/mol. The minimum Gasteiger partial charge on any atom is -0.206 e. The smallest absolute Gasteiger partial charge is 0.206 e. The largest absolute Gasteiger partial charge is 0.266 e. The summed E-state index contributed by atoms with van der Waals surface area (Å²) < 4.78 is 36.3. The Labute approximate surface area is 66.6 Å². The van der Waals surface area contributed by atoms with Crippen LogP contribution in [0.5, 0.6) is 0 Å². The van der Waals surface area contributed by atoms with Crippen LogP contribution in [0.15, 0.2) is 18.2 Å². The highest BCUT2D eigenvalue weighted by molar-refractivity contribution is 6.30. The van der Waals surface area contributed by atoms with Crippen LogP contribution in [-0.4, -0.2) is 0 Å². The molecular weight excluding hydrogens is 177 g/mol. The van der Waals surface area contributed by atoms with Crippen molar-refractivity contribution in [2.24, 2.45) is 0 Å². The standard InChI is InChI=1S/C7H4ClF3/c8-4-1-2-6(9)5(3-4)7(10)11/h1-3,7H. The van der Waals surface area contributed by atoms with Crippen LogP contribution in [0.25, 0.3) is 0 Å². The second kappa shape index (κ2) is 3.13. The van der Waals surface area contributed by atoms with Crippen LogP contribution < -0.4 is 0 Å². The fraction of sp³-hybridized carbons (Fsp3) is 0.143. The molecule has 1 aromatic carbocycles. The predicted molar refractivity (Wildman–Crippen MR) is 36.4 cm³/mol. The molecule has 1 aromatic rings. The van der Waals surface area contributed by atoms with Gasteiger partial charge in [0.15, 0.2) is 0 Å². The molecule has 0 N–H and O–H groups in total. The zero-order chi connectivity index (χ0) is 8.43. The van der Waals surface area contributed by atoms with Gasteiger partial charge in [0.2, 0.25) is 0 Å². The fourth-order valence-electron chi connectivity index (χ4n) is 0.682. The van der Waals surface area contributed by atoms with Gasteiger partial charge in [-0.3, -0.25) is 0 Å². The Morgan fingerprint density at radius 3 is 2.36 bits per heavy atom. The molecule has 0 aromatic heterocycles. The molecule has 0 saturated carbocycles. The lowest BCUT2D eigenvalue weighted by Gasteiger charge is -2.00. The SMILES string of the molecule is Fc1ccc(Cl)cc1C(F)F. The van der Waals surface area contributed by atoms with Gasteiger partial charge in [-0.1, -0.05) is 11.6 Å². The predicted octanol–water partition coefficient (Wildman–Crippen LogP) is 3.42. The Morgan fingerprint density at radius 1 is 1.27 bits per heavy atom. The number of rotatable bonds is 1. The third-order valence-electron chi connectivity index (χ3n) is 1.19. The average Bonchev–Trinajstić information content (AvgIpc) is 1.94.